The lowest BCUT2D eigenvalue weighted by molar-refractivity contribution is 0.186. The van der Waals surface area contributed by atoms with E-state index in [9.17, 15) is 4.79 Å². The van der Waals surface area contributed by atoms with E-state index in [1.54, 1.807) is 24.9 Å². The Morgan fingerprint density at radius 1 is 1.07 bits per heavy atom. The SMILES string of the molecule is COCCn1c(SCc2cc(=O)oc3ccc4ccccc4c23)nc2ccccc21. The second-order valence-electron chi connectivity index (χ2n) is 7.07. The molecule has 0 unspecified atom stereocenters. The summed E-state index contributed by atoms with van der Waals surface area (Å²) in [6, 6.07) is 21.7. The zero-order valence-electron chi connectivity index (χ0n) is 16.5. The zero-order valence-corrected chi connectivity index (χ0v) is 17.3. The lowest BCUT2D eigenvalue weighted by Gasteiger charge is -2.10. The summed E-state index contributed by atoms with van der Waals surface area (Å²) in [5.41, 5.74) is 3.28. The molecule has 0 N–H and O–H groups in total. The third kappa shape index (κ3) is 3.38. The van der Waals surface area contributed by atoms with Gasteiger partial charge in [-0.3, -0.25) is 0 Å². The molecule has 30 heavy (non-hydrogen) atoms. The maximum Gasteiger partial charge on any atom is 0.336 e. The third-order valence-corrected chi connectivity index (χ3v) is 6.24. The number of benzene rings is 3. The summed E-state index contributed by atoms with van der Waals surface area (Å²) in [4.78, 5) is 17.0. The fraction of sp³-hybridized carbons (Fsp3) is 0.167. The molecule has 5 nitrogen and oxygen atoms in total. The Morgan fingerprint density at radius 2 is 1.90 bits per heavy atom. The van der Waals surface area contributed by atoms with Crippen molar-refractivity contribution < 1.29 is 9.15 Å². The van der Waals surface area contributed by atoms with Crippen molar-refractivity contribution in [1.82, 2.24) is 9.55 Å². The van der Waals surface area contributed by atoms with Gasteiger partial charge in [0.15, 0.2) is 5.16 Å². The van der Waals surface area contributed by atoms with Crippen LogP contribution in [0.4, 0.5) is 0 Å². The summed E-state index contributed by atoms with van der Waals surface area (Å²) >= 11 is 1.62. The number of imidazole rings is 1. The summed E-state index contributed by atoms with van der Waals surface area (Å²) < 4.78 is 13.0. The summed E-state index contributed by atoms with van der Waals surface area (Å²) in [6.07, 6.45) is 0. The van der Waals surface area contributed by atoms with Crippen LogP contribution in [0.15, 0.2) is 81.1 Å². The zero-order chi connectivity index (χ0) is 20.5. The van der Waals surface area contributed by atoms with Crippen molar-refractivity contribution in [2.24, 2.45) is 0 Å². The summed E-state index contributed by atoms with van der Waals surface area (Å²) in [6.45, 7) is 1.33. The summed E-state index contributed by atoms with van der Waals surface area (Å²) in [5, 5.41) is 4.11. The predicted octanol–water partition coefficient (Wildman–Crippen LogP) is 5.23. The number of hydrogen-bond acceptors (Lipinski definition) is 5. The van der Waals surface area contributed by atoms with E-state index in [-0.39, 0.29) is 5.63 Å². The number of nitrogens with zero attached hydrogens (tertiary/aromatic N) is 2. The Kier molecular flexibility index (Phi) is 5.02. The highest BCUT2D eigenvalue weighted by molar-refractivity contribution is 7.98. The molecule has 0 aliphatic heterocycles. The Labute approximate surface area is 177 Å². The van der Waals surface area contributed by atoms with Crippen LogP contribution in [0.2, 0.25) is 0 Å². The number of fused-ring (bicyclic) bond motifs is 4. The van der Waals surface area contributed by atoms with Crippen molar-refractivity contribution in [1.29, 1.82) is 0 Å². The van der Waals surface area contributed by atoms with Gasteiger partial charge in [0, 0.05) is 30.9 Å². The molecule has 0 aliphatic carbocycles. The van der Waals surface area contributed by atoms with Gasteiger partial charge in [0.25, 0.3) is 0 Å². The van der Waals surface area contributed by atoms with E-state index in [1.807, 2.05) is 42.5 Å². The van der Waals surface area contributed by atoms with Gasteiger partial charge in [-0.25, -0.2) is 9.78 Å². The highest BCUT2D eigenvalue weighted by atomic mass is 32.2. The van der Waals surface area contributed by atoms with Gasteiger partial charge in [-0.2, -0.15) is 0 Å². The van der Waals surface area contributed by atoms with Crippen LogP contribution < -0.4 is 5.63 Å². The van der Waals surface area contributed by atoms with Gasteiger partial charge >= 0.3 is 5.63 Å². The maximum atomic E-state index is 12.2. The predicted molar refractivity (Wildman–Crippen MR) is 121 cm³/mol. The molecule has 0 amide bonds. The number of hydrogen-bond donors (Lipinski definition) is 0. The summed E-state index contributed by atoms with van der Waals surface area (Å²) in [7, 11) is 1.70. The van der Waals surface area contributed by atoms with Gasteiger partial charge in [0.2, 0.25) is 0 Å². The first-order valence-corrected chi connectivity index (χ1v) is 10.7. The Balaban J connectivity index is 1.59. The number of thioether (sulfide) groups is 1. The van der Waals surface area contributed by atoms with Crippen LogP contribution in [0, 0.1) is 0 Å². The van der Waals surface area contributed by atoms with Crippen molar-refractivity contribution in [3.8, 4) is 0 Å². The molecule has 2 aromatic heterocycles. The molecule has 0 radical (unpaired) electrons. The first-order chi connectivity index (χ1) is 14.7. The third-order valence-electron chi connectivity index (χ3n) is 5.21. The average molecular weight is 417 g/mol. The second-order valence-corrected chi connectivity index (χ2v) is 8.01. The van der Waals surface area contributed by atoms with Crippen LogP contribution >= 0.6 is 11.8 Å². The molecule has 0 aliphatic rings. The first kappa shape index (κ1) is 18.9. The monoisotopic (exact) mass is 416 g/mol. The molecule has 6 heteroatoms. The number of ether oxygens (including phenoxy) is 1. The van der Waals surface area contributed by atoms with Gasteiger partial charge in [-0.05, 0) is 34.5 Å². The molecule has 0 spiro atoms. The Morgan fingerprint density at radius 3 is 2.80 bits per heavy atom. The minimum Gasteiger partial charge on any atom is -0.423 e. The normalized spacial score (nSPS) is 11.6. The molecule has 5 rings (SSSR count). The van der Waals surface area contributed by atoms with Crippen LogP contribution in [0.5, 0.6) is 0 Å². The van der Waals surface area contributed by atoms with E-state index in [0.717, 1.165) is 44.5 Å². The van der Waals surface area contributed by atoms with E-state index in [1.165, 1.54) is 0 Å². The molecule has 0 saturated carbocycles. The lowest BCUT2D eigenvalue weighted by Crippen LogP contribution is -2.06. The summed E-state index contributed by atoms with van der Waals surface area (Å²) in [5.74, 6) is 0.617. The molecule has 2 heterocycles. The molecule has 0 atom stereocenters. The molecule has 5 aromatic rings. The topological polar surface area (TPSA) is 57.3 Å². The van der Waals surface area contributed by atoms with E-state index in [2.05, 4.69) is 22.8 Å². The van der Waals surface area contributed by atoms with E-state index in [0.29, 0.717) is 17.9 Å². The number of aromatic nitrogens is 2. The lowest BCUT2D eigenvalue weighted by atomic mass is 10.0. The molecular weight excluding hydrogens is 396 g/mol. The van der Waals surface area contributed by atoms with Gasteiger partial charge in [-0.15, -0.1) is 0 Å². The molecule has 150 valence electrons. The first-order valence-electron chi connectivity index (χ1n) is 9.76. The van der Waals surface area contributed by atoms with Crippen LogP contribution in [0.1, 0.15) is 5.56 Å². The van der Waals surface area contributed by atoms with Crippen LogP contribution in [0.3, 0.4) is 0 Å². The Bertz CT molecular complexity index is 1420. The van der Waals surface area contributed by atoms with Crippen molar-refractivity contribution in [2.45, 2.75) is 17.5 Å². The van der Waals surface area contributed by atoms with E-state index >= 15 is 0 Å². The molecule has 0 saturated heterocycles. The average Bonchev–Trinajstić information content (AvgIpc) is 3.13. The molecule has 3 aromatic carbocycles. The van der Waals surface area contributed by atoms with E-state index < -0.39 is 0 Å². The van der Waals surface area contributed by atoms with Crippen molar-refractivity contribution >= 4 is 44.5 Å². The number of rotatable bonds is 6. The van der Waals surface area contributed by atoms with Gasteiger partial charge in [0.05, 0.1) is 17.6 Å². The highest BCUT2D eigenvalue weighted by Gasteiger charge is 2.14. The minimum absolute atomic E-state index is 0.332. The number of methoxy groups -OCH3 is 1. The smallest absolute Gasteiger partial charge is 0.336 e. The van der Waals surface area contributed by atoms with Crippen LogP contribution in [-0.2, 0) is 17.0 Å². The molecule has 0 bridgehead atoms. The quantitative estimate of drug-likeness (QED) is 0.215. The maximum absolute atomic E-state index is 12.2. The van der Waals surface area contributed by atoms with Crippen LogP contribution in [0.25, 0.3) is 32.8 Å². The standard InChI is InChI=1S/C24H20N2O3S/c1-28-13-12-26-20-9-5-4-8-19(20)25-24(26)30-15-17-14-22(27)29-21-11-10-16-6-2-3-7-18(16)23(17)21/h2-11,14H,12-13,15H2,1H3. The fourth-order valence-corrected chi connectivity index (χ4v) is 4.86. The van der Waals surface area contributed by atoms with Gasteiger partial charge in [0.1, 0.15) is 5.58 Å². The second kappa shape index (κ2) is 7.97. The molecular formula is C24H20N2O3S. The number of para-hydroxylation sites is 2. The van der Waals surface area contributed by atoms with Gasteiger partial charge < -0.3 is 13.7 Å². The Hall–Kier alpha value is -3.09. The largest absolute Gasteiger partial charge is 0.423 e. The van der Waals surface area contributed by atoms with Gasteiger partial charge in [-0.1, -0.05) is 54.2 Å². The van der Waals surface area contributed by atoms with Crippen LogP contribution in [-0.4, -0.2) is 23.3 Å². The fourth-order valence-electron chi connectivity index (χ4n) is 3.84. The van der Waals surface area contributed by atoms with E-state index in [4.69, 9.17) is 14.1 Å². The highest BCUT2D eigenvalue weighted by Crippen LogP contribution is 2.32. The van der Waals surface area contributed by atoms with Crippen molar-refractivity contribution in [2.75, 3.05) is 13.7 Å². The minimum atomic E-state index is -0.332. The molecule has 0 fully saturated rings. The van der Waals surface area contributed by atoms with Crippen molar-refractivity contribution in [3.63, 3.8) is 0 Å². The van der Waals surface area contributed by atoms with Crippen molar-refractivity contribution in [3.05, 3.63) is 82.7 Å².